The molecular weight excluding hydrogens is 290 g/mol. The lowest BCUT2D eigenvalue weighted by Crippen LogP contribution is -2.33. The Bertz CT molecular complexity index is 585. The van der Waals surface area contributed by atoms with Gasteiger partial charge in [-0.15, -0.1) is 0 Å². The lowest BCUT2D eigenvalue weighted by atomic mass is 10.1. The fraction of sp³-hybridized carbons (Fsp3) is 0.467. The van der Waals surface area contributed by atoms with Crippen molar-refractivity contribution in [1.29, 1.82) is 0 Å². The van der Waals surface area contributed by atoms with Gasteiger partial charge in [0.2, 0.25) is 0 Å². The van der Waals surface area contributed by atoms with Gasteiger partial charge in [0.05, 0.1) is 5.56 Å². The number of fused-ring (bicyclic) bond motifs is 1. The van der Waals surface area contributed by atoms with Crippen LogP contribution >= 0.6 is 0 Å². The third-order valence-corrected chi connectivity index (χ3v) is 3.47. The number of rotatable bonds is 3. The van der Waals surface area contributed by atoms with E-state index < -0.39 is 30.3 Å². The normalized spacial score (nSPS) is 31.2. The van der Waals surface area contributed by atoms with E-state index in [1.54, 1.807) is 38.1 Å². The van der Waals surface area contributed by atoms with Crippen LogP contribution < -0.4 is 0 Å². The zero-order valence-corrected chi connectivity index (χ0v) is 12.3. The van der Waals surface area contributed by atoms with Crippen molar-refractivity contribution in [2.45, 2.75) is 38.1 Å². The third kappa shape index (κ3) is 2.83. The summed E-state index contributed by atoms with van der Waals surface area (Å²) in [4.78, 5) is 11.9. The Morgan fingerprint density at radius 1 is 1.32 bits per heavy atom. The van der Waals surface area contributed by atoms with Crippen molar-refractivity contribution in [1.82, 2.24) is 0 Å². The zero-order valence-electron chi connectivity index (χ0n) is 12.3. The molecule has 0 spiro atoms. The van der Waals surface area contributed by atoms with Gasteiger partial charge in [0.25, 0.3) is 0 Å². The molecule has 22 heavy (non-hydrogen) atoms. The van der Waals surface area contributed by atoms with Gasteiger partial charge in [0.1, 0.15) is 18.4 Å². The summed E-state index contributed by atoms with van der Waals surface area (Å²) in [6.45, 7) is 3.41. The molecule has 2 saturated heterocycles. The molecule has 118 valence electrons. The maximum atomic E-state index is 11.9. The van der Waals surface area contributed by atoms with Crippen molar-refractivity contribution >= 4 is 11.7 Å². The Morgan fingerprint density at radius 3 is 2.73 bits per heavy atom. The Kier molecular flexibility index (Phi) is 3.86. The number of oxime groups is 1. The first-order chi connectivity index (χ1) is 10.5. The summed E-state index contributed by atoms with van der Waals surface area (Å²) in [7, 11) is 0. The second-order valence-corrected chi connectivity index (χ2v) is 5.54. The van der Waals surface area contributed by atoms with Crippen molar-refractivity contribution in [2.75, 3.05) is 6.61 Å². The molecule has 2 heterocycles. The highest BCUT2D eigenvalue weighted by atomic mass is 16.8. The lowest BCUT2D eigenvalue weighted by Gasteiger charge is -2.20. The van der Waals surface area contributed by atoms with Crippen LogP contribution in [0.3, 0.4) is 0 Å². The van der Waals surface area contributed by atoms with E-state index in [4.69, 9.17) is 24.2 Å². The average Bonchev–Trinajstić information content (AvgIpc) is 2.96. The van der Waals surface area contributed by atoms with Crippen LogP contribution in [0.25, 0.3) is 0 Å². The van der Waals surface area contributed by atoms with Crippen molar-refractivity contribution in [3.63, 3.8) is 0 Å². The van der Waals surface area contributed by atoms with Gasteiger partial charge in [0, 0.05) is 0 Å². The molecule has 3 atom stereocenters. The largest absolute Gasteiger partial charge is 0.459 e. The summed E-state index contributed by atoms with van der Waals surface area (Å²) in [5.41, 5.74) is 0.702. The number of carbonyl (C=O) groups excluding carboxylic acids is 1. The third-order valence-electron chi connectivity index (χ3n) is 3.47. The molecule has 0 aliphatic carbocycles. The van der Waals surface area contributed by atoms with Crippen LogP contribution in [0.4, 0.5) is 0 Å². The molecule has 2 aliphatic heterocycles. The van der Waals surface area contributed by atoms with E-state index in [9.17, 15) is 4.79 Å². The van der Waals surface area contributed by atoms with Crippen molar-refractivity contribution in [2.24, 2.45) is 5.16 Å². The Balaban J connectivity index is 1.62. The van der Waals surface area contributed by atoms with E-state index in [2.05, 4.69) is 5.16 Å². The molecule has 1 aromatic carbocycles. The maximum absolute atomic E-state index is 11.9. The smallest absolute Gasteiger partial charge is 0.338 e. The van der Waals surface area contributed by atoms with Gasteiger partial charge in [-0.05, 0) is 26.0 Å². The van der Waals surface area contributed by atoms with Crippen LogP contribution in [-0.2, 0) is 18.9 Å². The summed E-state index contributed by atoms with van der Waals surface area (Å²) in [6.07, 6.45) is -1.95. The van der Waals surface area contributed by atoms with Gasteiger partial charge >= 0.3 is 5.97 Å². The minimum Gasteiger partial charge on any atom is -0.459 e. The van der Waals surface area contributed by atoms with Gasteiger partial charge < -0.3 is 24.2 Å². The predicted octanol–water partition coefficient (Wildman–Crippen LogP) is 1.55. The standard InChI is InChI=1S/C15H17NO6/c1-15(2)21-12-11(16-18)10(20-14(12)22-15)8-19-13(17)9-6-4-3-5-7-9/h3-7,10,12,14,18H,8H2,1-2H3/b16-11-/t10-,12+,14+/m1/s1. The Morgan fingerprint density at radius 2 is 2.05 bits per heavy atom. The predicted molar refractivity (Wildman–Crippen MR) is 74.6 cm³/mol. The van der Waals surface area contributed by atoms with Gasteiger partial charge in [-0.1, -0.05) is 23.4 Å². The molecule has 7 heteroatoms. The highest BCUT2D eigenvalue weighted by Crippen LogP contribution is 2.35. The molecule has 2 fully saturated rings. The first kappa shape index (κ1) is 15.0. The molecule has 0 radical (unpaired) electrons. The summed E-state index contributed by atoms with van der Waals surface area (Å²) in [6, 6.07) is 8.62. The average molecular weight is 307 g/mol. The van der Waals surface area contributed by atoms with Gasteiger partial charge in [-0.2, -0.15) is 0 Å². The van der Waals surface area contributed by atoms with Crippen LogP contribution in [-0.4, -0.2) is 47.8 Å². The number of hydrogen-bond acceptors (Lipinski definition) is 7. The van der Waals surface area contributed by atoms with Crippen LogP contribution in [0.1, 0.15) is 24.2 Å². The number of esters is 1. The number of benzene rings is 1. The summed E-state index contributed by atoms with van der Waals surface area (Å²) in [5.74, 6) is -1.28. The first-order valence-corrected chi connectivity index (χ1v) is 6.95. The fourth-order valence-corrected chi connectivity index (χ4v) is 2.50. The van der Waals surface area contributed by atoms with Crippen molar-refractivity contribution < 1.29 is 28.9 Å². The molecule has 7 nitrogen and oxygen atoms in total. The molecule has 2 aliphatic rings. The van der Waals surface area contributed by atoms with E-state index in [-0.39, 0.29) is 12.3 Å². The first-order valence-electron chi connectivity index (χ1n) is 6.95. The molecule has 0 amide bonds. The van der Waals surface area contributed by atoms with Gasteiger partial charge in [0.15, 0.2) is 18.2 Å². The quantitative estimate of drug-likeness (QED) is 0.518. The molecule has 0 unspecified atom stereocenters. The molecule has 1 aromatic rings. The SMILES string of the molecule is CC1(C)O[C@@H]2O[C@H](COC(=O)c3ccccc3)/C(=N/O)[C@@H]2O1. The zero-order chi connectivity index (χ0) is 15.7. The molecule has 0 bridgehead atoms. The number of hydrogen-bond donors (Lipinski definition) is 1. The number of ether oxygens (including phenoxy) is 4. The molecule has 0 saturated carbocycles. The van der Waals surface area contributed by atoms with Crippen LogP contribution in [0.2, 0.25) is 0 Å². The minimum absolute atomic E-state index is 0.0761. The summed E-state index contributed by atoms with van der Waals surface area (Å²) >= 11 is 0. The van der Waals surface area contributed by atoms with Crippen molar-refractivity contribution in [3.8, 4) is 0 Å². The van der Waals surface area contributed by atoms with E-state index in [0.717, 1.165) is 0 Å². The number of nitrogens with zero attached hydrogens (tertiary/aromatic N) is 1. The molecule has 0 aromatic heterocycles. The number of carbonyl (C=O) groups is 1. The second kappa shape index (κ2) is 5.68. The van der Waals surface area contributed by atoms with E-state index in [1.165, 1.54) is 0 Å². The lowest BCUT2D eigenvalue weighted by molar-refractivity contribution is -0.199. The topological polar surface area (TPSA) is 86.6 Å². The fourth-order valence-electron chi connectivity index (χ4n) is 2.50. The van der Waals surface area contributed by atoms with E-state index >= 15 is 0 Å². The molecular formula is C15H17NO6. The summed E-state index contributed by atoms with van der Waals surface area (Å²) in [5, 5.41) is 12.4. The van der Waals surface area contributed by atoms with Crippen LogP contribution in [0, 0.1) is 0 Å². The van der Waals surface area contributed by atoms with E-state index in [0.29, 0.717) is 5.56 Å². The van der Waals surface area contributed by atoms with Gasteiger partial charge in [-0.25, -0.2) is 4.79 Å². The van der Waals surface area contributed by atoms with Crippen LogP contribution in [0.15, 0.2) is 35.5 Å². The van der Waals surface area contributed by atoms with Crippen LogP contribution in [0.5, 0.6) is 0 Å². The minimum atomic E-state index is -0.809. The highest BCUT2D eigenvalue weighted by molar-refractivity contribution is 5.95. The molecule has 1 N–H and O–H groups in total. The van der Waals surface area contributed by atoms with Crippen molar-refractivity contribution in [3.05, 3.63) is 35.9 Å². The highest BCUT2D eigenvalue weighted by Gasteiger charge is 2.53. The Labute approximate surface area is 127 Å². The monoisotopic (exact) mass is 307 g/mol. The maximum Gasteiger partial charge on any atom is 0.338 e. The van der Waals surface area contributed by atoms with E-state index in [1.807, 2.05) is 6.07 Å². The second-order valence-electron chi connectivity index (χ2n) is 5.54. The summed E-state index contributed by atoms with van der Waals surface area (Å²) < 4.78 is 22.0. The van der Waals surface area contributed by atoms with Gasteiger partial charge in [-0.3, -0.25) is 0 Å². The molecule has 3 rings (SSSR count). The Hall–Kier alpha value is -1.96.